The number of rotatable bonds is 7. The quantitative estimate of drug-likeness (QED) is 0.814. The van der Waals surface area contributed by atoms with Gasteiger partial charge in [0.2, 0.25) is 0 Å². The summed E-state index contributed by atoms with van der Waals surface area (Å²) in [6.45, 7) is 5.66. The lowest BCUT2D eigenvalue weighted by Gasteiger charge is -2.29. The van der Waals surface area contributed by atoms with Gasteiger partial charge in [0.25, 0.3) is 5.91 Å². The number of benzene rings is 1. The summed E-state index contributed by atoms with van der Waals surface area (Å²) in [5.41, 5.74) is 0. The number of carbonyl (C=O) groups excluding carboxylic acids is 1. The average molecular weight is 358 g/mol. The van der Waals surface area contributed by atoms with E-state index in [0.29, 0.717) is 12.3 Å². The van der Waals surface area contributed by atoms with Gasteiger partial charge in [-0.3, -0.25) is 9.59 Å². The van der Waals surface area contributed by atoms with Crippen LogP contribution < -0.4 is 4.74 Å². The van der Waals surface area contributed by atoms with Crippen molar-refractivity contribution in [3.8, 4) is 5.75 Å². The molecular formula is C15H20BrNO4. The third-order valence-electron chi connectivity index (χ3n) is 3.10. The van der Waals surface area contributed by atoms with Crippen molar-refractivity contribution < 1.29 is 19.4 Å². The lowest BCUT2D eigenvalue weighted by atomic mass is 10.2. The van der Waals surface area contributed by atoms with Crippen molar-refractivity contribution in [3.63, 3.8) is 0 Å². The highest BCUT2D eigenvalue weighted by molar-refractivity contribution is 9.10. The van der Waals surface area contributed by atoms with Crippen LogP contribution in [0.4, 0.5) is 0 Å². The molecule has 6 heteroatoms. The van der Waals surface area contributed by atoms with Gasteiger partial charge in [0.05, 0.1) is 6.42 Å². The molecular weight excluding hydrogens is 338 g/mol. The van der Waals surface area contributed by atoms with Crippen LogP contribution in [0.25, 0.3) is 0 Å². The average Bonchev–Trinajstić information content (AvgIpc) is 2.41. The number of likely N-dealkylation sites (N-methyl/N-ethyl adjacent to an activating group) is 1. The Labute approximate surface area is 133 Å². The number of hydrogen-bond acceptors (Lipinski definition) is 3. The van der Waals surface area contributed by atoms with Crippen LogP contribution in [0.1, 0.15) is 27.2 Å². The summed E-state index contributed by atoms with van der Waals surface area (Å²) in [6, 6.07) is 6.83. The highest BCUT2D eigenvalue weighted by atomic mass is 79.9. The number of hydrogen-bond donors (Lipinski definition) is 1. The number of ether oxygens (including phenoxy) is 1. The van der Waals surface area contributed by atoms with Gasteiger partial charge in [0, 0.05) is 17.1 Å². The molecule has 5 nitrogen and oxygen atoms in total. The van der Waals surface area contributed by atoms with Gasteiger partial charge in [-0.25, -0.2) is 0 Å². The fourth-order valence-corrected chi connectivity index (χ4v) is 2.31. The first-order valence-corrected chi connectivity index (χ1v) is 7.59. The van der Waals surface area contributed by atoms with E-state index in [1.165, 1.54) is 4.90 Å². The van der Waals surface area contributed by atoms with E-state index < -0.39 is 12.1 Å². The maximum atomic E-state index is 12.4. The summed E-state index contributed by atoms with van der Waals surface area (Å²) in [7, 11) is 0. The van der Waals surface area contributed by atoms with Gasteiger partial charge in [-0.1, -0.05) is 15.9 Å². The summed E-state index contributed by atoms with van der Waals surface area (Å²) >= 11 is 3.33. The van der Waals surface area contributed by atoms with Gasteiger partial charge >= 0.3 is 5.97 Å². The minimum absolute atomic E-state index is 0.0788. The van der Waals surface area contributed by atoms with E-state index in [4.69, 9.17) is 9.84 Å². The zero-order valence-electron chi connectivity index (χ0n) is 12.4. The molecule has 21 heavy (non-hydrogen) atoms. The van der Waals surface area contributed by atoms with Crippen LogP contribution >= 0.6 is 15.9 Å². The molecule has 0 aliphatic heterocycles. The highest BCUT2D eigenvalue weighted by Crippen LogP contribution is 2.18. The number of carbonyl (C=O) groups is 2. The van der Waals surface area contributed by atoms with E-state index in [2.05, 4.69) is 15.9 Å². The second-order valence-corrected chi connectivity index (χ2v) is 5.70. The van der Waals surface area contributed by atoms with E-state index >= 15 is 0 Å². The Morgan fingerprint density at radius 3 is 2.33 bits per heavy atom. The summed E-state index contributed by atoms with van der Waals surface area (Å²) in [5.74, 6) is -0.537. The fraction of sp³-hybridized carbons (Fsp3) is 0.467. The molecule has 1 amide bonds. The van der Waals surface area contributed by atoms with Crippen molar-refractivity contribution >= 4 is 27.8 Å². The number of aliphatic carboxylic acids is 1. The van der Waals surface area contributed by atoms with Gasteiger partial charge in [-0.2, -0.15) is 0 Å². The summed E-state index contributed by atoms with van der Waals surface area (Å²) in [6.07, 6.45) is -0.743. The van der Waals surface area contributed by atoms with E-state index in [1.54, 1.807) is 26.0 Å². The first kappa shape index (κ1) is 17.5. The number of amides is 1. The maximum Gasteiger partial charge on any atom is 0.305 e. The van der Waals surface area contributed by atoms with Gasteiger partial charge in [0.1, 0.15) is 5.75 Å². The molecule has 1 aromatic rings. The van der Waals surface area contributed by atoms with Crippen molar-refractivity contribution in [1.29, 1.82) is 0 Å². The Kier molecular flexibility index (Phi) is 6.68. The predicted molar refractivity (Wildman–Crippen MR) is 83.3 cm³/mol. The first-order chi connectivity index (χ1) is 9.85. The molecule has 1 aromatic carbocycles. The minimum Gasteiger partial charge on any atom is -0.481 e. The van der Waals surface area contributed by atoms with E-state index in [1.807, 2.05) is 19.1 Å². The first-order valence-electron chi connectivity index (χ1n) is 6.79. The zero-order chi connectivity index (χ0) is 16.0. The van der Waals surface area contributed by atoms with Crippen LogP contribution in [0.3, 0.4) is 0 Å². The Morgan fingerprint density at radius 2 is 1.86 bits per heavy atom. The van der Waals surface area contributed by atoms with Crippen LogP contribution in [-0.4, -0.2) is 40.6 Å². The molecule has 0 fully saturated rings. The van der Waals surface area contributed by atoms with Crippen molar-refractivity contribution in [3.05, 3.63) is 28.7 Å². The van der Waals surface area contributed by atoms with Crippen LogP contribution in [0.15, 0.2) is 28.7 Å². The number of halogens is 1. The summed E-state index contributed by atoms with van der Waals surface area (Å²) in [5, 5.41) is 8.84. The normalized spacial score (nSPS) is 13.3. The van der Waals surface area contributed by atoms with Gasteiger partial charge < -0.3 is 14.7 Å². The molecule has 116 valence electrons. The molecule has 2 unspecified atom stereocenters. The molecule has 1 rings (SSSR count). The predicted octanol–water partition coefficient (Wildman–Crippen LogP) is 2.93. The number of nitrogens with zero attached hydrogens (tertiary/aromatic N) is 1. The molecule has 0 aliphatic rings. The third kappa shape index (κ3) is 5.38. The minimum atomic E-state index is -0.921. The molecule has 0 spiro atoms. The Morgan fingerprint density at radius 1 is 1.29 bits per heavy atom. The molecule has 0 saturated heterocycles. The zero-order valence-corrected chi connectivity index (χ0v) is 14.0. The SMILES string of the molecule is CCN(C(=O)C(C)Oc1ccc(Br)cc1)C(C)CC(=O)O. The van der Waals surface area contributed by atoms with Gasteiger partial charge in [-0.05, 0) is 45.0 Å². The Bertz CT molecular complexity index is 489. The molecule has 0 saturated carbocycles. The standard InChI is InChI=1S/C15H20BrNO4/c1-4-17(10(2)9-14(18)19)15(20)11(3)21-13-7-5-12(16)6-8-13/h5-8,10-11H,4,9H2,1-3H3,(H,18,19). The van der Waals surface area contributed by atoms with Crippen LogP contribution in [0.2, 0.25) is 0 Å². The summed E-state index contributed by atoms with van der Waals surface area (Å²) in [4.78, 5) is 24.7. The van der Waals surface area contributed by atoms with E-state index in [-0.39, 0.29) is 18.4 Å². The van der Waals surface area contributed by atoms with Crippen molar-refractivity contribution in [1.82, 2.24) is 4.90 Å². The van der Waals surface area contributed by atoms with Crippen molar-refractivity contribution in [2.45, 2.75) is 39.3 Å². The fourth-order valence-electron chi connectivity index (χ4n) is 2.05. The highest BCUT2D eigenvalue weighted by Gasteiger charge is 2.26. The topological polar surface area (TPSA) is 66.8 Å². The Balaban J connectivity index is 2.70. The van der Waals surface area contributed by atoms with Crippen LogP contribution in [0.5, 0.6) is 5.75 Å². The van der Waals surface area contributed by atoms with E-state index in [0.717, 1.165) is 4.47 Å². The van der Waals surface area contributed by atoms with Gasteiger partial charge in [0.15, 0.2) is 6.10 Å². The van der Waals surface area contributed by atoms with Gasteiger partial charge in [-0.15, -0.1) is 0 Å². The lowest BCUT2D eigenvalue weighted by Crippen LogP contribution is -2.45. The third-order valence-corrected chi connectivity index (χ3v) is 3.63. The monoisotopic (exact) mass is 357 g/mol. The van der Waals surface area contributed by atoms with Crippen LogP contribution in [0, 0.1) is 0 Å². The molecule has 0 aliphatic carbocycles. The largest absolute Gasteiger partial charge is 0.481 e. The van der Waals surface area contributed by atoms with Crippen molar-refractivity contribution in [2.24, 2.45) is 0 Å². The molecule has 0 aromatic heterocycles. The molecule has 0 radical (unpaired) electrons. The Hall–Kier alpha value is -1.56. The second kappa shape index (κ2) is 8.02. The van der Waals surface area contributed by atoms with Crippen molar-refractivity contribution in [2.75, 3.05) is 6.54 Å². The second-order valence-electron chi connectivity index (χ2n) is 4.79. The van der Waals surface area contributed by atoms with E-state index in [9.17, 15) is 9.59 Å². The molecule has 0 heterocycles. The molecule has 1 N–H and O–H groups in total. The lowest BCUT2D eigenvalue weighted by molar-refractivity contribution is -0.143. The molecule has 2 atom stereocenters. The maximum absolute atomic E-state index is 12.4. The summed E-state index contributed by atoms with van der Waals surface area (Å²) < 4.78 is 6.54. The number of carboxylic acids is 1. The van der Waals surface area contributed by atoms with Crippen LogP contribution in [-0.2, 0) is 9.59 Å². The number of carboxylic acid groups (broad SMARTS) is 1. The smallest absolute Gasteiger partial charge is 0.305 e. The molecule has 0 bridgehead atoms.